The number of hydrogen-bond acceptors (Lipinski definition) is 4. The zero-order valence-corrected chi connectivity index (χ0v) is 18.1. The predicted molar refractivity (Wildman–Crippen MR) is 117 cm³/mol. The molecule has 6 heteroatoms. The van der Waals surface area contributed by atoms with Crippen molar-refractivity contribution in [3.63, 3.8) is 0 Å². The second-order valence-corrected chi connectivity index (χ2v) is 9.05. The van der Waals surface area contributed by atoms with E-state index in [4.69, 9.17) is 0 Å². The Bertz CT molecular complexity index is 789. The minimum absolute atomic E-state index is 0.0833. The van der Waals surface area contributed by atoms with E-state index in [2.05, 4.69) is 29.0 Å². The highest BCUT2D eigenvalue weighted by Crippen LogP contribution is 2.24. The van der Waals surface area contributed by atoms with Gasteiger partial charge in [-0.25, -0.2) is 9.37 Å². The van der Waals surface area contributed by atoms with E-state index in [0.717, 1.165) is 43.5 Å². The third kappa shape index (κ3) is 6.82. The summed E-state index contributed by atoms with van der Waals surface area (Å²) in [4.78, 5) is 19.5. The van der Waals surface area contributed by atoms with Crippen LogP contribution in [-0.2, 0) is 5.75 Å². The zero-order valence-electron chi connectivity index (χ0n) is 17.2. The molecule has 4 nitrogen and oxygen atoms in total. The van der Waals surface area contributed by atoms with Gasteiger partial charge in [0.05, 0.1) is 5.56 Å². The number of hydrogen-bond donors (Lipinski definition) is 1. The molecule has 0 aliphatic carbocycles. The first-order valence-corrected chi connectivity index (χ1v) is 11.3. The number of piperidine rings is 1. The highest BCUT2D eigenvalue weighted by molar-refractivity contribution is 7.98. The van der Waals surface area contributed by atoms with Crippen molar-refractivity contribution in [2.24, 2.45) is 11.8 Å². The van der Waals surface area contributed by atoms with E-state index in [9.17, 15) is 9.18 Å². The Morgan fingerprint density at radius 2 is 1.93 bits per heavy atom. The minimum Gasteiger partial charge on any atom is -0.352 e. The number of thioether (sulfide) groups is 1. The van der Waals surface area contributed by atoms with Crippen LogP contribution in [0.1, 0.15) is 42.6 Å². The number of benzene rings is 1. The summed E-state index contributed by atoms with van der Waals surface area (Å²) in [5.41, 5.74) is 1.60. The van der Waals surface area contributed by atoms with E-state index < -0.39 is 0 Å². The van der Waals surface area contributed by atoms with Gasteiger partial charge in [-0.15, -0.1) is 11.8 Å². The van der Waals surface area contributed by atoms with E-state index in [1.807, 2.05) is 6.07 Å². The molecule has 2 aromatic rings. The van der Waals surface area contributed by atoms with Gasteiger partial charge >= 0.3 is 0 Å². The van der Waals surface area contributed by atoms with Gasteiger partial charge in [0, 0.05) is 31.6 Å². The summed E-state index contributed by atoms with van der Waals surface area (Å²) in [6, 6.07) is 10.0. The first kappa shape index (κ1) is 21.8. The fourth-order valence-electron chi connectivity index (χ4n) is 3.99. The van der Waals surface area contributed by atoms with Crippen molar-refractivity contribution in [3.8, 4) is 0 Å². The molecule has 2 unspecified atom stereocenters. The summed E-state index contributed by atoms with van der Waals surface area (Å²) in [6.45, 7) is 8.63. The SMILES string of the molecule is CC1CC(C)CN(CCCNC(=O)c2cccnc2SCc2ccc(F)cc2)C1. The number of rotatable bonds is 8. The highest BCUT2D eigenvalue weighted by Gasteiger charge is 2.21. The molecule has 2 atom stereocenters. The average molecular weight is 416 g/mol. The monoisotopic (exact) mass is 415 g/mol. The number of likely N-dealkylation sites (tertiary alicyclic amines) is 1. The molecule has 1 amide bonds. The molecule has 156 valence electrons. The van der Waals surface area contributed by atoms with E-state index in [-0.39, 0.29) is 11.7 Å². The molecule has 1 N–H and O–H groups in total. The number of pyridine rings is 1. The number of aromatic nitrogens is 1. The van der Waals surface area contributed by atoms with Crippen molar-refractivity contribution >= 4 is 17.7 Å². The normalized spacial score (nSPS) is 19.8. The molecule has 0 spiro atoms. The summed E-state index contributed by atoms with van der Waals surface area (Å²) in [5, 5.41) is 3.74. The van der Waals surface area contributed by atoms with Crippen molar-refractivity contribution in [2.45, 2.75) is 37.5 Å². The third-order valence-electron chi connectivity index (χ3n) is 5.19. The minimum atomic E-state index is -0.245. The van der Waals surface area contributed by atoms with Gasteiger partial charge in [0.2, 0.25) is 0 Å². The lowest BCUT2D eigenvalue weighted by Crippen LogP contribution is -2.40. The van der Waals surface area contributed by atoms with Crippen molar-refractivity contribution in [2.75, 3.05) is 26.2 Å². The van der Waals surface area contributed by atoms with E-state index >= 15 is 0 Å². The molecule has 29 heavy (non-hydrogen) atoms. The Morgan fingerprint density at radius 1 is 1.21 bits per heavy atom. The molecule has 1 aromatic carbocycles. The largest absolute Gasteiger partial charge is 0.352 e. The average Bonchev–Trinajstić information content (AvgIpc) is 2.70. The van der Waals surface area contributed by atoms with Crippen LogP contribution in [0.25, 0.3) is 0 Å². The molecule has 2 heterocycles. The second kappa shape index (κ2) is 10.7. The molecule has 3 rings (SSSR count). The quantitative estimate of drug-likeness (QED) is 0.505. The lowest BCUT2D eigenvalue weighted by Gasteiger charge is -2.34. The van der Waals surface area contributed by atoms with Crippen LogP contribution in [0.5, 0.6) is 0 Å². The first-order valence-electron chi connectivity index (χ1n) is 10.3. The number of nitrogens with zero attached hydrogens (tertiary/aromatic N) is 2. The van der Waals surface area contributed by atoms with Crippen LogP contribution in [0.2, 0.25) is 0 Å². The lowest BCUT2D eigenvalue weighted by atomic mass is 9.92. The smallest absolute Gasteiger partial charge is 0.254 e. The Kier molecular flexibility index (Phi) is 8.07. The number of amides is 1. The Labute approximate surface area is 177 Å². The van der Waals surface area contributed by atoms with Crippen LogP contribution in [0, 0.1) is 17.7 Å². The van der Waals surface area contributed by atoms with Gasteiger partial charge in [-0.05, 0) is 61.1 Å². The summed E-state index contributed by atoms with van der Waals surface area (Å²) < 4.78 is 13.0. The van der Waals surface area contributed by atoms with Gasteiger partial charge in [-0.3, -0.25) is 4.79 Å². The maximum atomic E-state index is 13.0. The summed E-state index contributed by atoms with van der Waals surface area (Å²) in [6.07, 6.45) is 3.96. The zero-order chi connectivity index (χ0) is 20.6. The third-order valence-corrected chi connectivity index (χ3v) is 6.26. The van der Waals surface area contributed by atoms with Gasteiger partial charge in [-0.2, -0.15) is 0 Å². The Morgan fingerprint density at radius 3 is 2.66 bits per heavy atom. The number of carbonyl (C=O) groups excluding carboxylic acids is 1. The van der Waals surface area contributed by atoms with Crippen molar-refractivity contribution in [1.29, 1.82) is 0 Å². The molecule has 0 bridgehead atoms. The fraction of sp³-hybridized carbons (Fsp3) is 0.478. The summed E-state index contributed by atoms with van der Waals surface area (Å²) >= 11 is 1.49. The first-order chi connectivity index (χ1) is 14.0. The van der Waals surface area contributed by atoms with Gasteiger partial charge in [0.25, 0.3) is 5.91 Å². The molecule has 1 fully saturated rings. The number of halogens is 1. The molecular formula is C23H30FN3OS. The van der Waals surface area contributed by atoms with E-state index in [1.54, 1.807) is 24.4 Å². The van der Waals surface area contributed by atoms with Gasteiger partial charge in [-0.1, -0.05) is 26.0 Å². The molecule has 1 aliphatic heterocycles. The van der Waals surface area contributed by atoms with Crippen LogP contribution >= 0.6 is 11.8 Å². The maximum absolute atomic E-state index is 13.0. The molecule has 0 radical (unpaired) electrons. The van der Waals surface area contributed by atoms with Crippen LogP contribution < -0.4 is 5.32 Å². The van der Waals surface area contributed by atoms with E-state index in [1.165, 1.54) is 30.3 Å². The number of nitrogens with one attached hydrogen (secondary N) is 1. The summed E-state index contributed by atoms with van der Waals surface area (Å²) in [7, 11) is 0. The highest BCUT2D eigenvalue weighted by atomic mass is 32.2. The molecule has 1 aliphatic rings. The maximum Gasteiger partial charge on any atom is 0.254 e. The molecular weight excluding hydrogens is 385 g/mol. The molecule has 1 aromatic heterocycles. The number of carbonyl (C=O) groups is 1. The Balaban J connectivity index is 1.47. The standard InChI is InChI=1S/C23H30FN3OS/c1-17-13-18(2)15-27(14-17)12-4-11-25-22(28)21-5-3-10-26-23(21)29-16-19-6-8-20(24)9-7-19/h3,5-10,17-18H,4,11-16H2,1-2H3,(H,25,28). The van der Waals surface area contributed by atoms with Crippen LogP contribution in [0.3, 0.4) is 0 Å². The van der Waals surface area contributed by atoms with Crippen molar-refractivity contribution in [3.05, 3.63) is 59.5 Å². The summed E-state index contributed by atoms with van der Waals surface area (Å²) in [5.74, 6) is 1.82. The van der Waals surface area contributed by atoms with E-state index in [0.29, 0.717) is 22.9 Å². The lowest BCUT2D eigenvalue weighted by molar-refractivity contribution is 0.0943. The van der Waals surface area contributed by atoms with Crippen molar-refractivity contribution < 1.29 is 9.18 Å². The topological polar surface area (TPSA) is 45.2 Å². The van der Waals surface area contributed by atoms with Gasteiger partial charge < -0.3 is 10.2 Å². The van der Waals surface area contributed by atoms with Gasteiger partial charge in [0.15, 0.2) is 0 Å². The van der Waals surface area contributed by atoms with Crippen molar-refractivity contribution in [1.82, 2.24) is 15.2 Å². The van der Waals surface area contributed by atoms with Gasteiger partial charge in [0.1, 0.15) is 10.8 Å². The molecule has 1 saturated heterocycles. The van der Waals surface area contributed by atoms with Crippen LogP contribution in [0.4, 0.5) is 4.39 Å². The molecule has 0 saturated carbocycles. The Hall–Kier alpha value is -1.92. The van der Waals surface area contributed by atoms with Crippen LogP contribution in [0.15, 0.2) is 47.6 Å². The van der Waals surface area contributed by atoms with Crippen LogP contribution in [-0.4, -0.2) is 42.0 Å². The fourth-order valence-corrected chi connectivity index (χ4v) is 4.93. The second-order valence-electron chi connectivity index (χ2n) is 8.09. The predicted octanol–water partition coefficient (Wildman–Crippen LogP) is 4.61.